The molecule has 0 aromatic heterocycles. The van der Waals surface area contributed by atoms with Crippen LogP contribution >= 0.6 is 7.94 Å². The number of nitrogens with zero attached hydrogens (tertiary/aromatic N) is 4. The number of alkyl halides is 6. The molecule has 0 radical (unpaired) electrons. The minimum absolute atomic E-state index is 0.738. The first-order valence-corrected chi connectivity index (χ1v) is 11.5. The zero-order valence-corrected chi connectivity index (χ0v) is 18.6. The van der Waals surface area contributed by atoms with Crippen LogP contribution in [0.15, 0.2) is 0 Å². The van der Waals surface area contributed by atoms with E-state index in [1.165, 1.54) is 0 Å². The van der Waals surface area contributed by atoms with Gasteiger partial charge < -0.3 is 4.13 Å². The topological polar surface area (TPSA) is 101 Å². The van der Waals surface area contributed by atoms with E-state index in [1.807, 2.05) is 6.92 Å². The molecule has 0 atom stereocenters. The molecule has 0 aliphatic rings. The van der Waals surface area contributed by atoms with E-state index in [0.717, 1.165) is 10.7 Å². The van der Waals surface area contributed by atoms with Gasteiger partial charge in [-0.2, -0.15) is 30.9 Å². The molecule has 0 unspecified atom stereocenters. The average Bonchev–Trinajstić information content (AvgIpc) is 2.40. The Morgan fingerprint density at radius 1 is 0.750 bits per heavy atom. The molecule has 0 rings (SSSR count). The van der Waals surface area contributed by atoms with Crippen molar-refractivity contribution < 1.29 is 47.7 Å². The third-order valence-electron chi connectivity index (χ3n) is 2.65. The van der Waals surface area contributed by atoms with Gasteiger partial charge in [-0.25, -0.2) is 16.8 Å². The Kier molecular flexibility index (Phi) is 10.8. The molecule has 0 fully saturated rings. The fourth-order valence-electron chi connectivity index (χ4n) is 1.81. The number of hydrogen-bond donors (Lipinski definition) is 0. The van der Waals surface area contributed by atoms with Crippen LogP contribution in [0.3, 0.4) is 0 Å². The highest BCUT2D eigenvalue weighted by Gasteiger charge is 2.50. The number of halogens is 6. The summed E-state index contributed by atoms with van der Waals surface area (Å²) in [5, 5.41) is 0. The van der Waals surface area contributed by atoms with Crippen LogP contribution in [-0.2, 0) is 24.6 Å². The van der Waals surface area contributed by atoms with Crippen LogP contribution < -0.4 is 0 Å². The molecule has 172 valence electrons. The van der Waals surface area contributed by atoms with Gasteiger partial charge in [0, 0.05) is 42.3 Å². The minimum atomic E-state index is -6.72. The van der Waals surface area contributed by atoms with Crippen molar-refractivity contribution in [1.82, 2.24) is 14.0 Å². The summed E-state index contributed by atoms with van der Waals surface area (Å²) in [7, 11) is -2.80. The maximum Gasteiger partial charge on any atom is 0.480 e. The van der Waals surface area contributed by atoms with E-state index in [4.69, 9.17) is 4.52 Å². The van der Waals surface area contributed by atoms with Crippen LogP contribution in [0, 0.1) is 0 Å². The molecule has 0 saturated heterocycles. The van der Waals surface area contributed by atoms with E-state index >= 15 is 0 Å². The van der Waals surface area contributed by atoms with Crippen molar-refractivity contribution in [2.45, 2.75) is 17.9 Å². The van der Waals surface area contributed by atoms with Crippen LogP contribution in [0.2, 0.25) is 0 Å². The van der Waals surface area contributed by atoms with Crippen molar-refractivity contribution in [3.63, 3.8) is 0 Å². The van der Waals surface area contributed by atoms with Crippen LogP contribution in [0.4, 0.5) is 26.3 Å². The molecule has 0 N–H and O–H groups in total. The predicted octanol–water partition coefficient (Wildman–Crippen LogP) is 2.44. The van der Waals surface area contributed by atoms with Crippen LogP contribution in [0.5, 0.6) is 0 Å². The second-order valence-corrected chi connectivity index (χ2v) is 12.5. The second-order valence-electron chi connectivity index (χ2n) is 5.39. The average molecular weight is 488 g/mol. The van der Waals surface area contributed by atoms with Gasteiger partial charge in [0.05, 0.1) is 6.61 Å². The van der Waals surface area contributed by atoms with Gasteiger partial charge in [0.2, 0.25) is 0 Å². The fourth-order valence-corrected chi connectivity index (χ4v) is 6.70. The highest BCUT2D eigenvalue weighted by Crippen LogP contribution is 2.64. The van der Waals surface area contributed by atoms with Crippen molar-refractivity contribution in [3.05, 3.63) is 4.13 Å². The molecule has 0 aliphatic carbocycles. The molecule has 0 bridgehead atoms. The van der Waals surface area contributed by atoms with E-state index in [0.29, 0.717) is 0 Å². The largest absolute Gasteiger partial charge is 0.480 e. The van der Waals surface area contributed by atoms with Crippen molar-refractivity contribution in [2.75, 3.05) is 48.9 Å². The van der Waals surface area contributed by atoms with Crippen molar-refractivity contribution in [3.8, 4) is 0 Å². The summed E-state index contributed by atoms with van der Waals surface area (Å²) in [6, 6.07) is 0. The summed E-state index contributed by atoms with van der Waals surface area (Å²) in [6.45, 7) is 2.77. The molecule has 28 heavy (non-hydrogen) atoms. The van der Waals surface area contributed by atoms with Gasteiger partial charge in [-0.1, -0.05) is 0 Å². The first kappa shape index (κ1) is 29.9. The first-order valence-electron chi connectivity index (χ1n) is 7.04. The number of hydrogen-bond acceptors (Lipinski definition) is 8. The zero-order chi connectivity index (χ0) is 23.4. The third-order valence-corrected chi connectivity index (χ3v) is 9.12. The Labute approximate surface area is 161 Å². The molecule has 0 aliphatic heterocycles. The smallest absolute Gasteiger partial charge is 0.421 e. The summed E-state index contributed by atoms with van der Waals surface area (Å²) in [5.74, 6) is 0. The Morgan fingerprint density at radius 2 is 1.00 bits per heavy atom. The molecule has 9 nitrogen and oxygen atoms in total. The summed E-state index contributed by atoms with van der Waals surface area (Å²) in [4.78, 5) is 0. The monoisotopic (exact) mass is 488 g/mol. The lowest BCUT2D eigenvalue weighted by molar-refractivity contribution is -0.0444. The summed E-state index contributed by atoms with van der Waals surface area (Å²) in [6.07, 6.45) is 0. The Bertz CT molecular complexity index is 630. The van der Waals surface area contributed by atoms with E-state index in [2.05, 4.69) is 56.3 Å². The Balaban J connectivity index is 0. The fraction of sp³-hybridized carbons (Fsp3) is 1.00. The Morgan fingerprint density at radius 3 is 1.11 bits per heavy atom. The van der Waals surface area contributed by atoms with Gasteiger partial charge in [-0.15, -0.1) is 14.0 Å². The van der Waals surface area contributed by atoms with Crippen LogP contribution in [0.25, 0.3) is 4.13 Å². The molecule has 0 heterocycles. The number of rotatable bonds is 7. The quantitative estimate of drug-likeness (QED) is 0.398. The van der Waals surface area contributed by atoms with Gasteiger partial charge in [0.1, 0.15) is 0 Å². The van der Waals surface area contributed by atoms with Gasteiger partial charge in [0.25, 0.3) is 0 Å². The lowest BCUT2D eigenvalue weighted by atomic mass is 10.9. The van der Waals surface area contributed by atoms with E-state index in [1.54, 1.807) is 0 Å². The van der Waals surface area contributed by atoms with Crippen molar-refractivity contribution in [2.24, 2.45) is 0 Å². The molecular weight excluding hydrogens is 465 g/mol. The maximum atomic E-state index is 11.4. The summed E-state index contributed by atoms with van der Waals surface area (Å²) >= 11 is 0. The van der Waals surface area contributed by atoms with Gasteiger partial charge in [-0.3, -0.25) is 0 Å². The molecule has 0 amide bonds. The van der Waals surface area contributed by atoms with Crippen LogP contribution in [0.1, 0.15) is 6.92 Å². The number of sulfonamides is 2. The molecule has 0 saturated carbocycles. The third kappa shape index (κ3) is 7.51. The van der Waals surface area contributed by atoms with Gasteiger partial charge in [0.15, 0.2) is 20.0 Å². The normalized spacial score (nSPS) is 14.4. The standard InChI is InChI=1S/C8H23N3OP.C2F6NO4S2/c1-8-12-13(9(2)3,10(4)5)11(6)7;3-1(4,5)14(10,11)9-15(12,13)2(6,7)8/h8H2,1-7H3;/q+1;-1. The van der Waals surface area contributed by atoms with Crippen LogP contribution in [-0.4, -0.2) is 90.8 Å². The molecule has 0 aromatic carbocycles. The SMILES string of the molecule is CCO[P+](N(C)C)(N(C)C)N(C)C.O=S(=O)([N-]S(=O)(=O)C(F)(F)F)C(F)(F)F. The zero-order valence-electron chi connectivity index (χ0n) is 16.1. The lowest BCUT2D eigenvalue weighted by Crippen LogP contribution is -2.37. The van der Waals surface area contributed by atoms with E-state index in [-0.39, 0.29) is 0 Å². The van der Waals surface area contributed by atoms with Crippen molar-refractivity contribution in [1.29, 1.82) is 0 Å². The highest BCUT2D eigenvalue weighted by atomic mass is 32.3. The molecule has 18 heteroatoms. The van der Waals surface area contributed by atoms with Gasteiger partial charge in [-0.05, 0) is 6.92 Å². The van der Waals surface area contributed by atoms with Crippen molar-refractivity contribution >= 4 is 28.0 Å². The summed E-state index contributed by atoms with van der Waals surface area (Å²) in [5.41, 5.74) is -12.4. The van der Waals surface area contributed by atoms with E-state index in [9.17, 15) is 43.2 Å². The molecular formula is C10H23F6N4O5PS2. The first-order chi connectivity index (χ1) is 12.1. The Hall–Kier alpha value is -0.290. The molecule has 0 aromatic rings. The lowest BCUT2D eigenvalue weighted by Gasteiger charge is -2.36. The summed E-state index contributed by atoms with van der Waals surface area (Å²) < 4.78 is 122. The van der Waals surface area contributed by atoms with Gasteiger partial charge >= 0.3 is 19.0 Å². The maximum absolute atomic E-state index is 11.4. The minimum Gasteiger partial charge on any atom is -0.421 e. The molecule has 0 spiro atoms. The second kappa shape index (κ2) is 10.1. The highest BCUT2D eigenvalue weighted by molar-refractivity contribution is 8.13. The van der Waals surface area contributed by atoms with E-state index < -0.39 is 39.0 Å². The predicted molar refractivity (Wildman–Crippen MR) is 92.9 cm³/mol.